The van der Waals surface area contributed by atoms with E-state index in [2.05, 4.69) is 27.4 Å². The third kappa shape index (κ3) is 1.52. The van der Waals surface area contributed by atoms with Gasteiger partial charge < -0.3 is 9.47 Å². The molecule has 1 aliphatic heterocycles. The van der Waals surface area contributed by atoms with Crippen LogP contribution >= 0.6 is 0 Å². The molecule has 3 fully saturated rings. The van der Waals surface area contributed by atoms with E-state index in [1.165, 1.54) is 0 Å². The van der Waals surface area contributed by atoms with Crippen LogP contribution in [0.4, 0.5) is 0 Å². The summed E-state index contributed by atoms with van der Waals surface area (Å²) in [4.78, 5) is 11.7. The number of hydrogen-bond acceptors (Lipinski definition) is 3. The Bertz CT molecular complexity index is 408. The van der Waals surface area contributed by atoms with E-state index in [9.17, 15) is 4.79 Å². The van der Waals surface area contributed by atoms with Crippen molar-refractivity contribution in [3.8, 4) is 0 Å². The van der Waals surface area contributed by atoms with E-state index in [0.717, 1.165) is 31.4 Å². The van der Waals surface area contributed by atoms with E-state index >= 15 is 0 Å². The minimum atomic E-state index is -0.171. The minimum Gasteiger partial charge on any atom is -0.491 e. The van der Waals surface area contributed by atoms with Crippen LogP contribution in [0.25, 0.3) is 0 Å². The topological polar surface area (TPSA) is 35.5 Å². The SMILES string of the molecule is C=C(OC12CC3OC(=O)C(C1)C3C2)C(C)(C)CC. The number of fused-ring (bicyclic) bond motifs is 1. The van der Waals surface area contributed by atoms with Crippen molar-refractivity contribution >= 4 is 5.97 Å². The Balaban J connectivity index is 1.76. The van der Waals surface area contributed by atoms with Crippen LogP contribution in [0.3, 0.4) is 0 Å². The fourth-order valence-corrected chi connectivity index (χ4v) is 3.63. The Kier molecular flexibility index (Phi) is 2.36. The molecule has 3 nitrogen and oxygen atoms in total. The van der Waals surface area contributed by atoms with Crippen molar-refractivity contribution < 1.29 is 14.3 Å². The van der Waals surface area contributed by atoms with Crippen LogP contribution in [0.1, 0.15) is 46.5 Å². The molecule has 2 bridgehead atoms. The van der Waals surface area contributed by atoms with Crippen LogP contribution in [-0.2, 0) is 14.3 Å². The maximum Gasteiger partial charge on any atom is 0.309 e. The zero-order valence-electron chi connectivity index (χ0n) is 11.5. The number of ether oxygens (including phenoxy) is 2. The summed E-state index contributed by atoms with van der Waals surface area (Å²) in [6.45, 7) is 10.6. The molecule has 4 atom stereocenters. The average molecular weight is 250 g/mol. The van der Waals surface area contributed by atoms with Gasteiger partial charge in [-0.3, -0.25) is 4.79 Å². The highest BCUT2D eigenvalue weighted by Crippen LogP contribution is 2.59. The zero-order chi connectivity index (χ0) is 13.1. The van der Waals surface area contributed by atoms with Gasteiger partial charge in [-0.1, -0.05) is 27.4 Å². The van der Waals surface area contributed by atoms with Gasteiger partial charge in [-0.05, 0) is 12.8 Å². The first-order valence-electron chi connectivity index (χ1n) is 6.96. The number of carbonyl (C=O) groups excluding carboxylic acids is 1. The monoisotopic (exact) mass is 250 g/mol. The summed E-state index contributed by atoms with van der Waals surface area (Å²) < 4.78 is 11.7. The summed E-state index contributed by atoms with van der Waals surface area (Å²) >= 11 is 0. The van der Waals surface area contributed by atoms with Crippen molar-refractivity contribution in [3.63, 3.8) is 0 Å². The van der Waals surface area contributed by atoms with Gasteiger partial charge in [0.15, 0.2) is 0 Å². The first-order chi connectivity index (χ1) is 8.37. The molecular formula is C15H22O3. The van der Waals surface area contributed by atoms with Crippen molar-refractivity contribution in [2.24, 2.45) is 17.3 Å². The Morgan fingerprint density at radius 2 is 2.22 bits per heavy atom. The zero-order valence-corrected chi connectivity index (χ0v) is 11.5. The lowest BCUT2D eigenvalue weighted by Crippen LogP contribution is -2.33. The molecule has 100 valence electrons. The Hall–Kier alpha value is -0.990. The summed E-state index contributed by atoms with van der Waals surface area (Å²) in [7, 11) is 0. The Morgan fingerprint density at radius 1 is 1.50 bits per heavy atom. The van der Waals surface area contributed by atoms with Gasteiger partial charge in [0.05, 0.1) is 11.7 Å². The highest BCUT2D eigenvalue weighted by Gasteiger charge is 2.65. The van der Waals surface area contributed by atoms with E-state index < -0.39 is 0 Å². The summed E-state index contributed by atoms with van der Waals surface area (Å²) in [6, 6.07) is 0. The Morgan fingerprint density at radius 3 is 2.78 bits per heavy atom. The highest BCUT2D eigenvalue weighted by molar-refractivity contribution is 5.77. The predicted molar refractivity (Wildman–Crippen MR) is 67.7 cm³/mol. The van der Waals surface area contributed by atoms with Crippen LogP contribution < -0.4 is 0 Å². The molecule has 18 heavy (non-hydrogen) atoms. The quantitative estimate of drug-likeness (QED) is 0.568. The molecule has 3 rings (SSSR count). The average Bonchev–Trinajstić information content (AvgIpc) is 2.86. The van der Waals surface area contributed by atoms with E-state index in [1.54, 1.807) is 0 Å². The number of allylic oxidation sites excluding steroid dienone is 1. The molecular weight excluding hydrogens is 228 g/mol. The maximum absolute atomic E-state index is 11.7. The molecule has 0 N–H and O–H groups in total. The predicted octanol–water partition coefficient (Wildman–Crippen LogP) is 3.05. The number of carbonyl (C=O) groups is 1. The van der Waals surface area contributed by atoms with Gasteiger partial charge in [-0.2, -0.15) is 0 Å². The molecule has 0 spiro atoms. The fraction of sp³-hybridized carbons (Fsp3) is 0.800. The number of rotatable bonds is 4. The third-order valence-electron chi connectivity index (χ3n) is 5.32. The molecule has 0 aromatic carbocycles. The summed E-state index contributed by atoms with van der Waals surface area (Å²) in [5.74, 6) is 1.34. The fourth-order valence-electron chi connectivity index (χ4n) is 3.63. The van der Waals surface area contributed by atoms with Crippen LogP contribution in [0.15, 0.2) is 12.3 Å². The second-order valence-corrected chi connectivity index (χ2v) is 6.80. The summed E-state index contributed by atoms with van der Waals surface area (Å²) in [5.41, 5.74) is -0.172. The third-order valence-corrected chi connectivity index (χ3v) is 5.32. The number of hydrogen-bond donors (Lipinski definition) is 0. The van der Waals surface area contributed by atoms with Gasteiger partial charge in [0, 0.05) is 24.2 Å². The van der Waals surface area contributed by atoms with Crippen molar-refractivity contribution in [1.29, 1.82) is 0 Å². The van der Waals surface area contributed by atoms with E-state index in [-0.39, 0.29) is 29.0 Å². The minimum absolute atomic E-state index is 0.000654. The maximum atomic E-state index is 11.7. The molecule has 2 saturated carbocycles. The lowest BCUT2D eigenvalue weighted by atomic mass is 9.86. The first-order valence-corrected chi connectivity index (χ1v) is 6.96. The first kappa shape index (κ1) is 12.1. The molecule has 2 aliphatic carbocycles. The Labute approximate surface area is 109 Å². The molecule has 0 aromatic heterocycles. The molecule has 0 amide bonds. The van der Waals surface area contributed by atoms with Gasteiger partial charge >= 0.3 is 5.97 Å². The lowest BCUT2D eigenvalue weighted by Gasteiger charge is -2.35. The van der Waals surface area contributed by atoms with Crippen molar-refractivity contribution in [1.82, 2.24) is 0 Å². The van der Waals surface area contributed by atoms with Crippen LogP contribution in [0.2, 0.25) is 0 Å². The van der Waals surface area contributed by atoms with Crippen molar-refractivity contribution in [3.05, 3.63) is 12.3 Å². The molecule has 1 heterocycles. The highest BCUT2D eigenvalue weighted by atomic mass is 16.6. The van der Waals surface area contributed by atoms with Crippen molar-refractivity contribution in [2.75, 3.05) is 0 Å². The van der Waals surface area contributed by atoms with Gasteiger partial charge in [-0.15, -0.1) is 0 Å². The van der Waals surface area contributed by atoms with Gasteiger partial charge in [0.2, 0.25) is 0 Å². The van der Waals surface area contributed by atoms with Crippen LogP contribution in [0.5, 0.6) is 0 Å². The normalized spacial score (nSPS) is 41.1. The van der Waals surface area contributed by atoms with Crippen LogP contribution in [-0.4, -0.2) is 17.7 Å². The standard InChI is InChI=1S/C15H22O3/c1-5-14(3,4)9(2)18-15-6-10-11(7-15)13(16)17-12(10)8-15/h10-12H,2,5-8H2,1,3-4H3. The molecule has 1 saturated heterocycles. The van der Waals surface area contributed by atoms with E-state index in [4.69, 9.17) is 9.47 Å². The number of esters is 1. The van der Waals surface area contributed by atoms with E-state index in [1.807, 2.05) is 0 Å². The van der Waals surface area contributed by atoms with Gasteiger partial charge in [-0.25, -0.2) is 0 Å². The van der Waals surface area contributed by atoms with Gasteiger partial charge in [0.1, 0.15) is 11.7 Å². The molecule has 3 heteroatoms. The second kappa shape index (κ2) is 3.52. The van der Waals surface area contributed by atoms with Crippen LogP contribution in [0, 0.1) is 17.3 Å². The van der Waals surface area contributed by atoms with Gasteiger partial charge in [0.25, 0.3) is 0 Å². The summed E-state index contributed by atoms with van der Waals surface area (Å²) in [6.07, 6.45) is 3.76. The molecule has 4 unspecified atom stereocenters. The molecule has 3 aliphatic rings. The molecule has 0 radical (unpaired) electrons. The smallest absolute Gasteiger partial charge is 0.309 e. The summed E-state index contributed by atoms with van der Waals surface area (Å²) in [5, 5.41) is 0. The van der Waals surface area contributed by atoms with Crippen molar-refractivity contribution in [2.45, 2.75) is 58.2 Å². The second-order valence-electron chi connectivity index (χ2n) is 6.80. The largest absolute Gasteiger partial charge is 0.491 e. The molecule has 0 aromatic rings. The van der Waals surface area contributed by atoms with E-state index in [0.29, 0.717) is 5.92 Å². The lowest BCUT2D eigenvalue weighted by molar-refractivity contribution is -0.143.